The molecule has 1 aromatic rings. The number of nitrogens with one attached hydrogen (secondary N) is 1. The third-order valence-electron chi connectivity index (χ3n) is 3.35. The first kappa shape index (κ1) is 13.4. The molecule has 98 valence electrons. The molecule has 0 amide bonds. The molecule has 0 aliphatic heterocycles. The van der Waals surface area contributed by atoms with Crippen molar-refractivity contribution in [1.82, 2.24) is 5.32 Å². The largest absolute Gasteiger partial charge is 0.492 e. The normalized spacial score (nSPS) is 17.1. The molecule has 1 N–H and O–H groups in total. The van der Waals surface area contributed by atoms with Gasteiger partial charge < -0.3 is 10.1 Å². The summed E-state index contributed by atoms with van der Waals surface area (Å²) in [6.45, 7) is 0.671. The number of ether oxygens (including phenoxy) is 1. The summed E-state index contributed by atoms with van der Waals surface area (Å²) in [6.07, 6.45) is 7.36. The van der Waals surface area contributed by atoms with E-state index in [0.29, 0.717) is 12.6 Å². The summed E-state index contributed by atoms with van der Waals surface area (Å²) < 4.78 is 5.81. The van der Waals surface area contributed by atoms with Crippen molar-refractivity contribution in [3.8, 4) is 5.75 Å². The molecule has 0 saturated carbocycles. The lowest BCUT2D eigenvalue weighted by atomic mass is 9.94. The monoisotopic (exact) mass is 265 g/mol. The van der Waals surface area contributed by atoms with Gasteiger partial charge in [-0.3, -0.25) is 0 Å². The molecular formula is C15H20ClNO. The molecule has 0 spiro atoms. The average molecular weight is 266 g/mol. The van der Waals surface area contributed by atoms with E-state index in [-0.39, 0.29) is 0 Å². The van der Waals surface area contributed by atoms with Crippen molar-refractivity contribution >= 4 is 11.6 Å². The molecule has 1 aromatic carbocycles. The van der Waals surface area contributed by atoms with Gasteiger partial charge in [0.05, 0.1) is 6.04 Å². The fraction of sp³-hybridized carbons (Fsp3) is 0.467. The lowest BCUT2D eigenvalue weighted by Crippen LogP contribution is -2.34. The number of allylic oxidation sites excluding steroid dienone is 1. The van der Waals surface area contributed by atoms with Crippen LogP contribution >= 0.6 is 11.6 Å². The van der Waals surface area contributed by atoms with Crippen LogP contribution in [0.1, 0.15) is 25.7 Å². The first-order valence-electron chi connectivity index (χ1n) is 6.54. The predicted octanol–water partition coefficient (Wildman–Crippen LogP) is 3.81. The molecule has 0 heterocycles. The Kier molecular flexibility index (Phi) is 5.09. The van der Waals surface area contributed by atoms with Gasteiger partial charge in [0.25, 0.3) is 0 Å². The zero-order valence-corrected chi connectivity index (χ0v) is 11.5. The average Bonchev–Trinajstić information content (AvgIpc) is 2.43. The van der Waals surface area contributed by atoms with Crippen molar-refractivity contribution in [2.24, 2.45) is 0 Å². The fourth-order valence-corrected chi connectivity index (χ4v) is 2.39. The van der Waals surface area contributed by atoms with Gasteiger partial charge in [0.15, 0.2) is 0 Å². The van der Waals surface area contributed by atoms with E-state index in [1.807, 2.05) is 31.3 Å². The van der Waals surface area contributed by atoms with E-state index in [1.54, 1.807) is 0 Å². The second-order valence-corrected chi connectivity index (χ2v) is 5.07. The van der Waals surface area contributed by atoms with Gasteiger partial charge in [0.2, 0.25) is 0 Å². The van der Waals surface area contributed by atoms with Crippen LogP contribution < -0.4 is 10.1 Å². The van der Waals surface area contributed by atoms with Gasteiger partial charge in [-0.25, -0.2) is 0 Å². The molecule has 3 heteroatoms. The molecule has 1 aliphatic rings. The van der Waals surface area contributed by atoms with Crippen molar-refractivity contribution in [2.75, 3.05) is 13.7 Å². The van der Waals surface area contributed by atoms with Crippen molar-refractivity contribution in [2.45, 2.75) is 31.7 Å². The van der Waals surface area contributed by atoms with Gasteiger partial charge in [-0.1, -0.05) is 23.3 Å². The number of likely N-dealkylation sites (N-methyl/N-ethyl adjacent to an activating group) is 1. The molecule has 0 saturated heterocycles. The summed E-state index contributed by atoms with van der Waals surface area (Å²) in [5.74, 6) is 0.871. The SMILES string of the molecule is CNC(COc1ccc(Cl)cc1)C1=CCCCC1. The number of halogens is 1. The Morgan fingerprint density at radius 3 is 2.67 bits per heavy atom. The number of hydrogen-bond acceptors (Lipinski definition) is 2. The topological polar surface area (TPSA) is 21.3 Å². The third kappa shape index (κ3) is 3.76. The quantitative estimate of drug-likeness (QED) is 0.818. The summed E-state index contributed by atoms with van der Waals surface area (Å²) in [6, 6.07) is 7.84. The highest BCUT2D eigenvalue weighted by Gasteiger charge is 2.15. The maximum Gasteiger partial charge on any atom is 0.119 e. The Morgan fingerprint density at radius 2 is 2.06 bits per heavy atom. The Morgan fingerprint density at radius 1 is 1.28 bits per heavy atom. The van der Waals surface area contributed by atoms with Crippen LogP contribution in [0.4, 0.5) is 0 Å². The molecule has 2 rings (SSSR count). The Balaban J connectivity index is 1.90. The lowest BCUT2D eigenvalue weighted by Gasteiger charge is -2.23. The molecule has 18 heavy (non-hydrogen) atoms. The summed E-state index contributed by atoms with van der Waals surface area (Å²) in [7, 11) is 1.99. The van der Waals surface area contributed by atoms with Crippen LogP contribution in [-0.4, -0.2) is 19.7 Å². The van der Waals surface area contributed by atoms with E-state index >= 15 is 0 Å². The fourth-order valence-electron chi connectivity index (χ4n) is 2.27. The van der Waals surface area contributed by atoms with E-state index in [0.717, 1.165) is 10.8 Å². The molecule has 0 radical (unpaired) electrons. The zero-order valence-electron chi connectivity index (χ0n) is 10.8. The molecule has 0 bridgehead atoms. The first-order valence-corrected chi connectivity index (χ1v) is 6.92. The first-order chi connectivity index (χ1) is 8.79. The molecule has 0 aromatic heterocycles. The van der Waals surface area contributed by atoms with Crippen LogP contribution in [0.15, 0.2) is 35.9 Å². The minimum Gasteiger partial charge on any atom is -0.492 e. The van der Waals surface area contributed by atoms with Crippen LogP contribution in [0.3, 0.4) is 0 Å². The zero-order chi connectivity index (χ0) is 12.8. The van der Waals surface area contributed by atoms with E-state index < -0.39 is 0 Å². The molecule has 2 nitrogen and oxygen atoms in total. The third-order valence-corrected chi connectivity index (χ3v) is 3.60. The van der Waals surface area contributed by atoms with Crippen LogP contribution in [0, 0.1) is 0 Å². The Hall–Kier alpha value is -0.990. The minimum atomic E-state index is 0.320. The van der Waals surface area contributed by atoms with E-state index in [2.05, 4.69) is 11.4 Å². The molecular weight excluding hydrogens is 246 g/mol. The van der Waals surface area contributed by atoms with E-state index in [9.17, 15) is 0 Å². The van der Waals surface area contributed by atoms with Crippen molar-refractivity contribution in [3.05, 3.63) is 40.9 Å². The predicted molar refractivity (Wildman–Crippen MR) is 76.3 cm³/mol. The molecule has 1 atom stereocenters. The van der Waals surface area contributed by atoms with E-state index in [1.165, 1.54) is 31.3 Å². The molecule has 1 aliphatic carbocycles. The Bertz CT molecular complexity index is 399. The number of hydrogen-bond donors (Lipinski definition) is 1. The highest BCUT2D eigenvalue weighted by molar-refractivity contribution is 6.30. The van der Waals surface area contributed by atoms with Crippen LogP contribution in [0.25, 0.3) is 0 Å². The lowest BCUT2D eigenvalue weighted by molar-refractivity contribution is 0.283. The minimum absolute atomic E-state index is 0.320. The van der Waals surface area contributed by atoms with Gasteiger partial charge in [-0.15, -0.1) is 0 Å². The molecule has 1 unspecified atom stereocenters. The van der Waals surface area contributed by atoms with Crippen molar-refractivity contribution in [3.63, 3.8) is 0 Å². The number of rotatable bonds is 5. The summed E-state index contributed by atoms with van der Waals surface area (Å²) in [4.78, 5) is 0. The smallest absolute Gasteiger partial charge is 0.119 e. The van der Waals surface area contributed by atoms with E-state index in [4.69, 9.17) is 16.3 Å². The van der Waals surface area contributed by atoms with Gasteiger partial charge in [-0.2, -0.15) is 0 Å². The second kappa shape index (κ2) is 6.81. The molecule has 0 fully saturated rings. The van der Waals surface area contributed by atoms with Gasteiger partial charge >= 0.3 is 0 Å². The van der Waals surface area contributed by atoms with Crippen molar-refractivity contribution < 1.29 is 4.74 Å². The van der Waals surface area contributed by atoms with Gasteiger partial charge in [0, 0.05) is 5.02 Å². The van der Waals surface area contributed by atoms with Crippen molar-refractivity contribution in [1.29, 1.82) is 0 Å². The van der Waals surface area contributed by atoms with Gasteiger partial charge in [-0.05, 0) is 57.0 Å². The number of benzene rings is 1. The van der Waals surface area contributed by atoms with Gasteiger partial charge in [0.1, 0.15) is 12.4 Å². The summed E-state index contributed by atoms with van der Waals surface area (Å²) >= 11 is 5.85. The highest BCUT2D eigenvalue weighted by Crippen LogP contribution is 2.21. The highest BCUT2D eigenvalue weighted by atomic mass is 35.5. The Labute approximate surface area is 114 Å². The maximum atomic E-state index is 5.85. The standard InChI is InChI=1S/C15H20ClNO/c1-17-15(12-5-3-2-4-6-12)11-18-14-9-7-13(16)8-10-14/h5,7-10,15,17H,2-4,6,11H2,1H3. The van der Waals surface area contributed by atoms with Crippen LogP contribution in [0.5, 0.6) is 5.75 Å². The maximum absolute atomic E-state index is 5.85. The summed E-state index contributed by atoms with van der Waals surface area (Å²) in [5, 5.41) is 4.07. The second-order valence-electron chi connectivity index (χ2n) is 4.63. The van der Waals surface area contributed by atoms with Crippen LogP contribution in [0.2, 0.25) is 5.02 Å². The van der Waals surface area contributed by atoms with Crippen LogP contribution in [-0.2, 0) is 0 Å². The summed E-state index contributed by atoms with van der Waals surface area (Å²) in [5.41, 5.74) is 1.48.